The van der Waals surface area contributed by atoms with Crippen molar-refractivity contribution < 1.29 is 9.90 Å². The smallest absolute Gasteiger partial charge is 0.253 e. The van der Waals surface area contributed by atoms with Gasteiger partial charge in [-0.15, -0.1) is 0 Å². The molecule has 1 amide bonds. The van der Waals surface area contributed by atoms with Crippen LogP contribution in [0, 0.1) is 0 Å². The molecule has 0 spiro atoms. The van der Waals surface area contributed by atoms with E-state index in [1.165, 1.54) is 0 Å². The summed E-state index contributed by atoms with van der Waals surface area (Å²) in [5.74, 6) is -0.0546. The van der Waals surface area contributed by atoms with Crippen LogP contribution in [-0.4, -0.2) is 34.6 Å². The second kappa shape index (κ2) is 5.39. The summed E-state index contributed by atoms with van der Waals surface area (Å²) in [6, 6.07) is 4.93. The van der Waals surface area contributed by atoms with Crippen molar-refractivity contribution in [2.24, 2.45) is 0 Å². The number of benzene rings is 1. The summed E-state index contributed by atoms with van der Waals surface area (Å²) in [7, 11) is 0. The SMILES string of the molecule is CC1(O)CCCN(C(=O)c2ccc(Cl)c(N)c2)CC1. The van der Waals surface area contributed by atoms with Crippen molar-refractivity contribution in [1.82, 2.24) is 4.90 Å². The molecule has 0 saturated carbocycles. The minimum absolute atomic E-state index is 0.0546. The van der Waals surface area contributed by atoms with Gasteiger partial charge in [0.15, 0.2) is 0 Å². The second-order valence-corrected chi connectivity index (χ2v) is 5.79. The molecule has 1 saturated heterocycles. The Morgan fingerprint density at radius 3 is 2.84 bits per heavy atom. The van der Waals surface area contributed by atoms with Crippen LogP contribution in [0.2, 0.25) is 5.02 Å². The number of anilines is 1. The molecular weight excluding hydrogens is 264 g/mol. The Kier molecular flexibility index (Phi) is 4.02. The maximum Gasteiger partial charge on any atom is 0.253 e. The highest BCUT2D eigenvalue weighted by Gasteiger charge is 2.27. The topological polar surface area (TPSA) is 66.6 Å². The molecule has 1 aromatic rings. The molecule has 1 aliphatic heterocycles. The average molecular weight is 283 g/mol. The number of hydrogen-bond donors (Lipinski definition) is 2. The Morgan fingerprint density at radius 1 is 1.42 bits per heavy atom. The Labute approximate surface area is 118 Å². The maximum atomic E-state index is 12.4. The largest absolute Gasteiger partial charge is 0.398 e. The Hall–Kier alpha value is -1.26. The fraction of sp³-hybridized carbons (Fsp3) is 0.500. The van der Waals surface area contributed by atoms with Crippen LogP contribution < -0.4 is 5.73 Å². The lowest BCUT2D eigenvalue weighted by Crippen LogP contribution is -2.33. The number of nitrogens with zero attached hydrogens (tertiary/aromatic N) is 1. The van der Waals surface area contributed by atoms with Gasteiger partial charge in [-0.1, -0.05) is 11.6 Å². The molecule has 1 atom stereocenters. The van der Waals surface area contributed by atoms with E-state index in [9.17, 15) is 9.90 Å². The molecule has 3 N–H and O–H groups in total. The molecular formula is C14H19ClN2O2. The van der Waals surface area contributed by atoms with Gasteiger partial charge in [-0.05, 0) is 44.4 Å². The van der Waals surface area contributed by atoms with E-state index >= 15 is 0 Å². The summed E-state index contributed by atoms with van der Waals surface area (Å²) < 4.78 is 0. The first kappa shape index (κ1) is 14.2. The number of nitrogen functional groups attached to an aromatic ring is 1. The van der Waals surface area contributed by atoms with Gasteiger partial charge in [-0.25, -0.2) is 0 Å². The van der Waals surface area contributed by atoms with Crippen LogP contribution in [0.3, 0.4) is 0 Å². The van der Waals surface area contributed by atoms with E-state index in [0.717, 1.165) is 12.8 Å². The van der Waals surface area contributed by atoms with Crippen molar-refractivity contribution in [3.05, 3.63) is 28.8 Å². The minimum atomic E-state index is -0.673. The number of rotatable bonds is 1. The number of nitrogens with two attached hydrogens (primary N) is 1. The average Bonchev–Trinajstić information content (AvgIpc) is 2.53. The lowest BCUT2D eigenvalue weighted by Gasteiger charge is -2.22. The van der Waals surface area contributed by atoms with Gasteiger partial charge in [0.05, 0.1) is 16.3 Å². The summed E-state index contributed by atoms with van der Waals surface area (Å²) in [6.45, 7) is 3.05. The van der Waals surface area contributed by atoms with E-state index in [-0.39, 0.29) is 5.91 Å². The summed E-state index contributed by atoms with van der Waals surface area (Å²) in [5.41, 5.74) is 6.00. The number of aliphatic hydroxyl groups is 1. The van der Waals surface area contributed by atoms with Crippen LogP contribution in [-0.2, 0) is 0 Å². The number of likely N-dealkylation sites (tertiary alicyclic amines) is 1. The fourth-order valence-electron chi connectivity index (χ4n) is 2.33. The standard InChI is InChI=1S/C14H19ClN2O2/c1-14(19)5-2-7-17(8-6-14)13(18)10-3-4-11(15)12(16)9-10/h3-4,9,19H,2,5-8,16H2,1H3. The van der Waals surface area contributed by atoms with Gasteiger partial charge in [0.25, 0.3) is 5.91 Å². The molecule has 0 radical (unpaired) electrons. The predicted octanol–water partition coefficient (Wildman–Crippen LogP) is 2.30. The first-order valence-corrected chi connectivity index (χ1v) is 6.83. The van der Waals surface area contributed by atoms with E-state index in [4.69, 9.17) is 17.3 Å². The molecule has 0 aromatic heterocycles. The first-order chi connectivity index (χ1) is 8.89. The number of halogens is 1. The molecule has 4 nitrogen and oxygen atoms in total. The Morgan fingerprint density at radius 2 is 2.16 bits per heavy atom. The molecule has 1 heterocycles. The molecule has 0 aliphatic carbocycles. The summed E-state index contributed by atoms with van der Waals surface area (Å²) in [5, 5.41) is 10.5. The van der Waals surface area contributed by atoms with Crippen molar-refractivity contribution in [2.45, 2.75) is 31.8 Å². The van der Waals surface area contributed by atoms with Gasteiger partial charge >= 0.3 is 0 Å². The zero-order valence-corrected chi connectivity index (χ0v) is 11.8. The Bertz CT molecular complexity index is 488. The third-order valence-corrected chi connectivity index (χ3v) is 3.94. The zero-order valence-electron chi connectivity index (χ0n) is 11.0. The van der Waals surface area contributed by atoms with E-state index < -0.39 is 5.60 Å². The van der Waals surface area contributed by atoms with Crippen LogP contribution in [0.15, 0.2) is 18.2 Å². The van der Waals surface area contributed by atoms with E-state index in [2.05, 4.69) is 0 Å². The van der Waals surface area contributed by atoms with Crippen LogP contribution >= 0.6 is 11.6 Å². The van der Waals surface area contributed by atoms with E-state index in [0.29, 0.717) is 35.8 Å². The summed E-state index contributed by atoms with van der Waals surface area (Å²) >= 11 is 5.85. The quantitative estimate of drug-likeness (QED) is 0.777. The highest BCUT2D eigenvalue weighted by Crippen LogP contribution is 2.24. The molecule has 19 heavy (non-hydrogen) atoms. The van der Waals surface area contributed by atoms with Gasteiger partial charge in [-0.3, -0.25) is 4.79 Å². The van der Waals surface area contributed by atoms with Crippen LogP contribution in [0.1, 0.15) is 36.5 Å². The number of carbonyl (C=O) groups excluding carboxylic acids is 1. The highest BCUT2D eigenvalue weighted by molar-refractivity contribution is 6.33. The van der Waals surface area contributed by atoms with Gasteiger partial charge in [-0.2, -0.15) is 0 Å². The van der Waals surface area contributed by atoms with Crippen LogP contribution in [0.5, 0.6) is 0 Å². The lowest BCUT2D eigenvalue weighted by atomic mass is 9.98. The molecule has 1 unspecified atom stereocenters. The molecule has 1 fully saturated rings. The molecule has 1 aromatic carbocycles. The third-order valence-electron chi connectivity index (χ3n) is 3.59. The molecule has 2 rings (SSSR count). The van der Waals surface area contributed by atoms with Crippen molar-refractivity contribution in [1.29, 1.82) is 0 Å². The van der Waals surface area contributed by atoms with Crippen molar-refractivity contribution in [3.63, 3.8) is 0 Å². The Balaban J connectivity index is 2.13. The van der Waals surface area contributed by atoms with E-state index in [1.807, 2.05) is 6.92 Å². The van der Waals surface area contributed by atoms with Crippen molar-refractivity contribution in [3.8, 4) is 0 Å². The molecule has 1 aliphatic rings. The molecule has 0 bridgehead atoms. The van der Waals surface area contributed by atoms with Crippen LogP contribution in [0.25, 0.3) is 0 Å². The highest BCUT2D eigenvalue weighted by atomic mass is 35.5. The second-order valence-electron chi connectivity index (χ2n) is 5.38. The van der Waals surface area contributed by atoms with E-state index in [1.54, 1.807) is 23.1 Å². The fourth-order valence-corrected chi connectivity index (χ4v) is 2.44. The monoisotopic (exact) mass is 282 g/mol. The van der Waals surface area contributed by atoms with Crippen molar-refractivity contribution in [2.75, 3.05) is 18.8 Å². The predicted molar refractivity (Wildman–Crippen MR) is 76.2 cm³/mol. The number of carbonyl (C=O) groups is 1. The van der Waals surface area contributed by atoms with Gasteiger partial charge in [0, 0.05) is 18.7 Å². The molecule has 104 valence electrons. The van der Waals surface area contributed by atoms with Gasteiger partial charge < -0.3 is 15.7 Å². The normalized spacial score (nSPS) is 24.1. The number of amides is 1. The van der Waals surface area contributed by atoms with Crippen LogP contribution in [0.4, 0.5) is 5.69 Å². The third kappa shape index (κ3) is 3.39. The van der Waals surface area contributed by atoms with Crippen molar-refractivity contribution >= 4 is 23.2 Å². The minimum Gasteiger partial charge on any atom is -0.398 e. The van der Waals surface area contributed by atoms with Gasteiger partial charge in [0.2, 0.25) is 0 Å². The molecule has 5 heteroatoms. The number of hydrogen-bond acceptors (Lipinski definition) is 3. The first-order valence-electron chi connectivity index (χ1n) is 6.46. The van der Waals surface area contributed by atoms with Gasteiger partial charge in [0.1, 0.15) is 0 Å². The summed E-state index contributed by atoms with van der Waals surface area (Å²) in [6.07, 6.45) is 2.13. The zero-order chi connectivity index (χ0) is 14.0. The lowest BCUT2D eigenvalue weighted by molar-refractivity contribution is 0.0438. The maximum absolute atomic E-state index is 12.4. The summed E-state index contributed by atoms with van der Waals surface area (Å²) in [4.78, 5) is 14.1.